The summed E-state index contributed by atoms with van der Waals surface area (Å²) in [5.74, 6) is -0.617. The van der Waals surface area contributed by atoms with Crippen molar-refractivity contribution in [2.45, 2.75) is 19.1 Å². The van der Waals surface area contributed by atoms with Crippen molar-refractivity contribution in [3.63, 3.8) is 0 Å². The molecule has 2 aromatic carbocycles. The van der Waals surface area contributed by atoms with Crippen LogP contribution in [0.1, 0.15) is 17.5 Å². The molecule has 1 N–H and O–H groups in total. The van der Waals surface area contributed by atoms with Gasteiger partial charge >= 0.3 is 0 Å². The van der Waals surface area contributed by atoms with Gasteiger partial charge in [-0.15, -0.1) is 0 Å². The summed E-state index contributed by atoms with van der Waals surface area (Å²) in [6.07, 6.45) is -0.444. The SMILES string of the molecule is O=C(NCc1ccccc1)C1CC(c2ccccc2F)=NO1. The molecule has 0 fully saturated rings. The summed E-state index contributed by atoms with van der Waals surface area (Å²) in [5.41, 5.74) is 1.84. The molecule has 112 valence electrons. The van der Waals surface area contributed by atoms with E-state index in [9.17, 15) is 9.18 Å². The van der Waals surface area contributed by atoms with Gasteiger partial charge in [0.15, 0.2) is 0 Å². The third-order valence-corrected chi connectivity index (χ3v) is 3.46. The van der Waals surface area contributed by atoms with Crippen LogP contribution >= 0.6 is 0 Å². The van der Waals surface area contributed by atoms with Crippen molar-refractivity contribution in [3.8, 4) is 0 Å². The van der Waals surface area contributed by atoms with Crippen LogP contribution in [0.4, 0.5) is 4.39 Å². The highest BCUT2D eigenvalue weighted by Crippen LogP contribution is 2.19. The Labute approximate surface area is 127 Å². The van der Waals surface area contributed by atoms with Gasteiger partial charge < -0.3 is 10.2 Å². The van der Waals surface area contributed by atoms with E-state index in [1.165, 1.54) is 6.07 Å². The standard InChI is InChI=1S/C17H15FN2O2/c18-14-9-5-4-8-13(14)15-10-16(22-20-15)17(21)19-11-12-6-2-1-3-7-12/h1-9,16H,10-11H2,(H,19,21). The molecule has 1 unspecified atom stereocenters. The van der Waals surface area contributed by atoms with E-state index in [0.29, 0.717) is 17.8 Å². The molecule has 0 saturated carbocycles. The van der Waals surface area contributed by atoms with Gasteiger partial charge in [0.2, 0.25) is 6.10 Å². The molecule has 0 aromatic heterocycles. The molecule has 22 heavy (non-hydrogen) atoms. The normalized spacial score (nSPS) is 16.8. The first kappa shape index (κ1) is 14.3. The number of nitrogens with zero attached hydrogens (tertiary/aromatic N) is 1. The van der Waals surface area contributed by atoms with Crippen molar-refractivity contribution in [1.29, 1.82) is 0 Å². The van der Waals surface area contributed by atoms with Gasteiger partial charge in [-0.05, 0) is 11.6 Å². The lowest BCUT2D eigenvalue weighted by molar-refractivity contribution is -0.131. The van der Waals surface area contributed by atoms with Gasteiger partial charge in [-0.3, -0.25) is 4.79 Å². The minimum absolute atomic E-state index is 0.251. The Kier molecular flexibility index (Phi) is 4.14. The summed E-state index contributed by atoms with van der Waals surface area (Å²) in [6.45, 7) is 0.425. The zero-order chi connectivity index (χ0) is 15.4. The number of amides is 1. The van der Waals surface area contributed by atoms with E-state index < -0.39 is 6.10 Å². The maximum absolute atomic E-state index is 13.7. The second kappa shape index (κ2) is 6.39. The molecule has 2 aromatic rings. The molecule has 0 spiro atoms. The van der Waals surface area contributed by atoms with E-state index in [2.05, 4.69) is 10.5 Å². The highest BCUT2D eigenvalue weighted by Gasteiger charge is 2.29. The molecular weight excluding hydrogens is 283 g/mol. The molecule has 4 nitrogen and oxygen atoms in total. The van der Waals surface area contributed by atoms with Gasteiger partial charge in [0, 0.05) is 18.5 Å². The summed E-state index contributed by atoms with van der Waals surface area (Å²) in [6, 6.07) is 15.9. The number of oxime groups is 1. The molecule has 0 radical (unpaired) electrons. The molecule has 1 aliphatic heterocycles. The Balaban J connectivity index is 1.57. The molecule has 5 heteroatoms. The molecule has 3 rings (SSSR count). The number of nitrogens with one attached hydrogen (secondary N) is 1. The number of carbonyl (C=O) groups excluding carboxylic acids is 1. The lowest BCUT2D eigenvalue weighted by atomic mass is 10.0. The zero-order valence-corrected chi connectivity index (χ0v) is 11.8. The van der Waals surface area contributed by atoms with Gasteiger partial charge in [0.25, 0.3) is 5.91 Å². The lowest BCUT2D eigenvalue weighted by Gasteiger charge is -2.09. The van der Waals surface area contributed by atoms with Crippen LogP contribution in [0.2, 0.25) is 0 Å². The Bertz CT molecular complexity index is 701. The molecular formula is C17H15FN2O2. The Morgan fingerprint density at radius 1 is 1.18 bits per heavy atom. The van der Waals surface area contributed by atoms with Crippen LogP contribution in [0.3, 0.4) is 0 Å². The van der Waals surface area contributed by atoms with Gasteiger partial charge in [0.1, 0.15) is 5.82 Å². The summed E-state index contributed by atoms with van der Waals surface area (Å²) >= 11 is 0. The molecule has 0 saturated heterocycles. The van der Waals surface area contributed by atoms with Crippen molar-refractivity contribution < 1.29 is 14.0 Å². The smallest absolute Gasteiger partial charge is 0.264 e. The zero-order valence-electron chi connectivity index (χ0n) is 11.8. The van der Waals surface area contributed by atoms with Crippen molar-refractivity contribution in [1.82, 2.24) is 5.32 Å². The van der Waals surface area contributed by atoms with Crippen molar-refractivity contribution in [3.05, 3.63) is 71.5 Å². The number of rotatable bonds is 4. The van der Waals surface area contributed by atoms with Crippen LogP contribution in [0.15, 0.2) is 59.8 Å². The predicted octanol–water partition coefficient (Wildman–Crippen LogP) is 2.64. The number of halogens is 1. The first-order chi connectivity index (χ1) is 10.7. The van der Waals surface area contributed by atoms with Crippen LogP contribution in [-0.2, 0) is 16.2 Å². The monoisotopic (exact) mass is 298 g/mol. The van der Waals surface area contributed by atoms with E-state index in [1.807, 2.05) is 30.3 Å². The Morgan fingerprint density at radius 3 is 2.68 bits per heavy atom. The minimum Gasteiger partial charge on any atom is -0.382 e. The molecule has 1 amide bonds. The molecule has 1 heterocycles. The van der Waals surface area contributed by atoms with E-state index >= 15 is 0 Å². The number of carbonyl (C=O) groups is 1. The summed E-state index contributed by atoms with van der Waals surface area (Å²) in [4.78, 5) is 17.2. The number of hydrogen-bond donors (Lipinski definition) is 1. The van der Waals surface area contributed by atoms with Crippen molar-refractivity contribution in [2.24, 2.45) is 5.16 Å². The predicted molar refractivity (Wildman–Crippen MR) is 80.7 cm³/mol. The highest BCUT2D eigenvalue weighted by molar-refractivity contribution is 6.04. The van der Waals surface area contributed by atoms with Gasteiger partial charge in [-0.25, -0.2) is 4.39 Å². The second-order valence-corrected chi connectivity index (χ2v) is 5.02. The number of hydrogen-bond acceptors (Lipinski definition) is 3. The molecule has 1 aliphatic rings. The fourth-order valence-electron chi connectivity index (χ4n) is 2.27. The van der Waals surface area contributed by atoms with Crippen molar-refractivity contribution >= 4 is 11.6 Å². The topological polar surface area (TPSA) is 50.7 Å². The van der Waals surface area contributed by atoms with Crippen LogP contribution in [0.5, 0.6) is 0 Å². The van der Waals surface area contributed by atoms with Gasteiger partial charge in [-0.1, -0.05) is 53.7 Å². The lowest BCUT2D eigenvalue weighted by Crippen LogP contribution is -2.34. The third kappa shape index (κ3) is 3.14. The summed E-state index contributed by atoms with van der Waals surface area (Å²) < 4.78 is 13.7. The van der Waals surface area contributed by atoms with E-state index in [4.69, 9.17) is 4.84 Å². The van der Waals surface area contributed by atoms with Crippen LogP contribution in [0, 0.1) is 5.82 Å². The number of benzene rings is 2. The largest absolute Gasteiger partial charge is 0.382 e. The first-order valence-corrected chi connectivity index (χ1v) is 7.03. The second-order valence-electron chi connectivity index (χ2n) is 5.02. The highest BCUT2D eigenvalue weighted by atomic mass is 19.1. The van der Waals surface area contributed by atoms with Crippen molar-refractivity contribution in [2.75, 3.05) is 0 Å². The van der Waals surface area contributed by atoms with E-state index in [-0.39, 0.29) is 18.1 Å². The van der Waals surface area contributed by atoms with E-state index in [1.54, 1.807) is 18.2 Å². The van der Waals surface area contributed by atoms with Gasteiger partial charge in [-0.2, -0.15) is 0 Å². The maximum Gasteiger partial charge on any atom is 0.264 e. The fraction of sp³-hybridized carbons (Fsp3) is 0.176. The molecule has 1 atom stereocenters. The van der Waals surface area contributed by atoms with Crippen LogP contribution < -0.4 is 5.32 Å². The minimum atomic E-state index is -0.710. The third-order valence-electron chi connectivity index (χ3n) is 3.46. The summed E-state index contributed by atoms with van der Waals surface area (Å²) in [5, 5.41) is 6.64. The Morgan fingerprint density at radius 2 is 1.91 bits per heavy atom. The molecule has 0 bridgehead atoms. The summed E-state index contributed by atoms with van der Waals surface area (Å²) in [7, 11) is 0. The van der Waals surface area contributed by atoms with Gasteiger partial charge in [0.05, 0.1) is 5.71 Å². The fourth-order valence-corrected chi connectivity index (χ4v) is 2.27. The van der Waals surface area contributed by atoms with E-state index in [0.717, 1.165) is 5.56 Å². The van der Waals surface area contributed by atoms with Crippen LogP contribution in [0.25, 0.3) is 0 Å². The first-order valence-electron chi connectivity index (χ1n) is 7.03. The quantitative estimate of drug-likeness (QED) is 0.943. The van der Waals surface area contributed by atoms with Crippen LogP contribution in [-0.4, -0.2) is 17.7 Å². The average molecular weight is 298 g/mol. The maximum atomic E-state index is 13.7. The Hall–Kier alpha value is -2.69. The average Bonchev–Trinajstić information content (AvgIpc) is 3.04. The molecule has 0 aliphatic carbocycles.